The minimum Gasteiger partial charge on any atom is -0.747 e. The SMILES string of the molecule is CC(C(=O)[O-])S(=O)(=O)[O-]. The largest absolute Gasteiger partial charge is 0.747 e. The molecule has 0 aliphatic carbocycles. The predicted octanol–water partition coefficient (Wildman–Crippen LogP) is -2.33. The molecular weight excluding hydrogens is 148 g/mol. The minimum atomic E-state index is -4.71. The summed E-state index contributed by atoms with van der Waals surface area (Å²) in [5, 5.41) is 7.70. The normalized spacial score (nSPS) is 14.9. The summed E-state index contributed by atoms with van der Waals surface area (Å²) in [5.74, 6) is -1.87. The van der Waals surface area contributed by atoms with Gasteiger partial charge in [0.2, 0.25) is 0 Å². The zero-order chi connectivity index (χ0) is 7.65. The number of carboxylic acid groups (broad SMARTS) is 1. The summed E-state index contributed by atoms with van der Waals surface area (Å²) >= 11 is 0. The van der Waals surface area contributed by atoms with Crippen LogP contribution in [0.1, 0.15) is 6.92 Å². The standard InChI is InChI=1S/C3H6O5S/c1-2(3(4)5)9(6,7)8/h2H,1H3,(H,4,5)(H,6,7,8)/p-2. The Morgan fingerprint density at radius 3 is 1.89 bits per heavy atom. The van der Waals surface area contributed by atoms with E-state index >= 15 is 0 Å². The summed E-state index contributed by atoms with van der Waals surface area (Å²) < 4.78 is 29.4. The fourth-order valence-electron chi connectivity index (χ4n) is 0.118. The van der Waals surface area contributed by atoms with E-state index in [1.54, 1.807) is 0 Å². The Balaban J connectivity index is 4.43. The number of aliphatic carboxylic acids is 1. The van der Waals surface area contributed by atoms with E-state index in [0.717, 1.165) is 6.92 Å². The molecule has 5 nitrogen and oxygen atoms in total. The highest BCUT2D eigenvalue weighted by molar-refractivity contribution is 7.87. The van der Waals surface area contributed by atoms with E-state index in [-0.39, 0.29) is 0 Å². The summed E-state index contributed by atoms with van der Waals surface area (Å²) in [6, 6.07) is 0. The van der Waals surface area contributed by atoms with Gasteiger partial charge in [0, 0.05) is 0 Å². The Bertz CT molecular complexity index is 202. The van der Waals surface area contributed by atoms with E-state index in [4.69, 9.17) is 0 Å². The Kier molecular flexibility index (Phi) is 2.16. The van der Waals surface area contributed by atoms with Crippen LogP contribution in [0.15, 0.2) is 0 Å². The van der Waals surface area contributed by atoms with Gasteiger partial charge in [0.25, 0.3) is 0 Å². The van der Waals surface area contributed by atoms with Crippen LogP contribution in [0.2, 0.25) is 0 Å². The highest BCUT2D eigenvalue weighted by Crippen LogP contribution is 1.93. The quantitative estimate of drug-likeness (QED) is 0.413. The molecule has 0 aromatic heterocycles. The predicted molar refractivity (Wildman–Crippen MR) is 24.2 cm³/mol. The molecule has 0 aromatic rings. The second-order valence-corrected chi connectivity index (χ2v) is 3.15. The molecule has 0 saturated heterocycles. The van der Waals surface area contributed by atoms with E-state index in [2.05, 4.69) is 0 Å². The second kappa shape index (κ2) is 2.32. The summed E-state index contributed by atoms with van der Waals surface area (Å²) in [6.07, 6.45) is 0. The van der Waals surface area contributed by atoms with E-state index < -0.39 is 21.3 Å². The maximum Gasteiger partial charge on any atom is 0.103 e. The molecule has 0 radical (unpaired) electrons. The van der Waals surface area contributed by atoms with Gasteiger partial charge >= 0.3 is 0 Å². The maximum atomic E-state index is 9.80. The lowest BCUT2D eigenvalue weighted by molar-refractivity contribution is -0.304. The van der Waals surface area contributed by atoms with Gasteiger partial charge in [-0.25, -0.2) is 8.42 Å². The van der Waals surface area contributed by atoms with Crippen molar-refractivity contribution in [2.45, 2.75) is 12.2 Å². The fourth-order valence-corrected chi connectivity index (χ4v) is 0.354. The fraction of sp³-hybridized carbons (Fsp3) is 0.667. The monoisotopic (exact) mass is 152 g/mol. The molecule has 6 heteroatoms. The molecule has 0 heterocycles. The van der Waals surface area contributed by atoms with Gasteiger partial charge in [0.05, 0.1) is 11.2 Å². The summed E-state index contributed by atoms with van der Waals surface area (Å²) in [5.41, 5.74) is 0. The minimum absolute atomic E-state index is 0.762. The summed E-state index contributed by atoms with van der Waals surface area (Å²) in [4.78, 5) is 9.66. The van der Waals surface area contributed by atoms with Crippen LogP contribution >= 0.6 is 0 Å². The van der Waals surface area contributed by atoms with E-state index in [9.17, 15) is 22.9 Å². The van der Waals surface area contributed by atoms with Crippen molar-refractivity contribution in [3.8, 4) is 0 Å². The van der Waals surface area contributed by atoms with Gasteiger partial charge in [-0.15, -0.1) is 0 Å². The number of rotatable bonds is 2. The van der Waals surface area contributed by atoms with Gasteiger partial charge in [0.1, 0.15) is 10.1 Å². The van der Waals surface area contributed by atoms with Crippen molar-refractivity contribution < 1.29 is 22.9 Å². The molecule has 0 amide bonds. The first-order chi connectivity index (χ1) is 3.85. The van der Waals surface area contributed by atoms with E-state index in [1.807, 2.05) is 0 Å². The summed E-state index contributed by atoms with van der Waals surface area (Å²) in [6.45, 7) is 0.762. The third-order valence-electron chi connectivity index (χ3n) is 0.765. The maximum absolute atomic E-state index is 9.80. The van der Waals surface area contributed by atoms with Crippen LogP contribution in [0.25, 0.3) is 0 Å². The van der Waals surface area contributed by atoms with Crippen molar-refractivity contribution in [2.75, 3.05) is 0 Å². The van der Waals surface area contributed by atoms with Crippen molar-refractivity contribution in [3.63, 3.8) is 0 Å². The molecule has 1 atom stereocenters. The molecule has 0 spiro atoms. The molecular formula is C3H4O5S-2. The van der Waals surface area contributed by atoms with Crippen molar-refractivity contribution in [3.05, 3.63) is 0 Å². The highest BCUT2D eigenvalue weighted by Gasteiger charge is 2.09. The zero-order valence-corrected chi connectivity index (χ0v) is 5.34. The Hall–Kier alpha value is -0.620. The first kappa shape index (κ1) is 8.38. The lowest BCUT2D eigenvalue weighted by Gasteiger charge is -2.15. The van der Waals surface area contributed by atoms with Gasteiger partial charge in [-0.1, -0.05) is 0 Å². The molecule has 0 saturated carbocycles. The van der Waals surface area contributed by atoms with Gasteiger partial charge in [0.15, 0.2) is 0 Å². The third-order valence-corrected chi connectivity index (χ3v) is 1.82. The molecule has 1 unspecified atom stereocenters. The molecule has 0 aromatic carbocycles. The Labute approximate surface area is 52.1 Å². The molecule has 0 N–H and O–H groups in total. The number of carboxylic acids is 1. The lowest BCUT2D eigenvalue weighted by Crippen LogP contribution is -2.38. The number of carbonyl (C=O) groups excluding carboxylic acids is 1. The average molecular weight is 152 g/mol. The van der Waals surface area contributed by atoms with Gasteiger partial charge < -0.3 is 14.5 Å². The van der Waals surface area contributed by atoms with Gasteiger partial charge in [-0.05, 0) is 6.92 Å². The van der Waals surface area contributed by atoms with Crippen LogP contribution in [-0.2, 0) is 14.9 Å². The molecule has 54 valence electrons. The molecule has 0 aliphatic heterocycles. The molecule has 0 bridgehead atoms. The molecule has 0 rings (SSSR count). The number of hydrogen-bond donors (Lipinski definition) is 0. The van der Waals surface area contributed by atoms with Crippen LogP contribution < -0.4 is 5.11 Å². The van der Waals surface area contributed by atoms with E-state index in [0.29, 0.717) is 0 Å². The molecule has 0 aliphatic rings. The van der Waals surface area contributed by atoms with Gasteiger partial charge in [-0.2, -0.15) is 0 Å². The highest BCUT2D eigenvalue weighted by atomic mass is 32.2. The summed E-state index contributed by atoms with van der Waals surface area (Å²) in [7, 11) is -4.71. The van der Waals surface area contributed by atoms with Crippen molar-refractivity contribution in [1.82, 2.24) is 0 Å². The Morgan fingerprint density at radius 2 is 1.89 bits per heavy atom. The zero-order valence-electron chi connectivity index (χ0n) is 4.53. The Morgan fingerprint density at radius 1 is 1.56 bits per heavy atom. The number of carbonyl (C=O) groups is 1. The van der Waals surface area contributed by atoms with Crippen LogP contribution in [0, 0.1) is 0 Å². The number of hydrogen-bond acceptors (Lipinski definition) is 5. The van der Waals surface area contributed by atoms with Gasteiger partial charge in [-0.3, -0.25) is 0 Å². The van der Waals surface area contributed by atoms with Crippen molar-refractivity contribution in [2.24, 2.45) is 0 Å². The van der Waals surface area contributed by atoms with E-state index in [1.165, 1.54) is 0 Å². The molecule has 9 heavy (non-hydrogen) atoms. The molecule has 0 fully saturated rings. The van der Waals surface area contributed by atoms with Crippen LogP contribution in [0.3, 0.4) is 0 Å². The van der Waals surface area contributed by atoms with Crippen molar-refractivity contribution >= 4 is 16.1 Å². The van der Waals surface area contributed by atoms with Crippen LogP contribution in [-0.4, -0.2) is 24.2 Å². The van der Waals surface area contributed by atoms with Crippen molar-refractivity contribution in [1.29, 1.82) is 0 Å². The lowest BCUT2D eigenvalue weighted by atomic mass is 10.5. The first-order valence-corrected chi connectivity index (χ1v) is 3.48. The first-order valence-electron chi connectivity index (χ1n) is 2.01. The third kappa shape index (κ3) is 2.43. The topological polar surface area (TPSA) is 97.3 Å². The second-order valence-electron chi connectivity index (χ2n) is 1.45. The van der Waals surface area contributed by atoms with Crippen LogP contribution in [0.4, 0.5) is 0 Å². The average Bonchev–Trinajstić information content (AvgIpc) is 1.62. The van der Waals surface area contributed by atoms with Crippen LogP contribution in [0.5, 0.6) is 0 Å². The smallest absolute Gasteiger partial charge is 0.103 e.